The number of Topliss-reactive ketones (excluding diaryl/α,β-unsaturated/α-hetero) is 1. The van der Waals surface area contributed by atoms with Gasteiger partial charge in [-0.3, -0.25) is 4.79 Å². The van der Waals surface area contributed by atoms with Crippen molar-refractivity contribution < 1.29 is 19.4 Å². The number of esters is 1. The van der Waals surface area contributed by atoms with Crippen molar-refractivity contribution in [1.29, 1.82) is 0 Å². The Hall–Kier alpha value is -2.01. The zero-order valence-electron chi connectivity index (χ0n) is 11.5. The molecule has 0 bridgehead atoms. The summed E-state index contributed by atoms with van der Waals surface area (Å²) >= 11 is 1.43. The number of phenolic OH excluding ortho intramolecular Hbond substituents is 1. The average Bonchev–Trinajstić information content (AvgIpc) is 2.61. The van der Waals surface area contributed by atoms with E-state index in [0.717, 1.165) is 15.4 Å². The molecule has 1 heterocycles. The van der Waals surface area contributed by atoms with E-state index in [4.69, 9.17) is 4.74 Å². The van der Waals surface area contributed by atoms with E-state index in [-0.39, 0.29) is 17.5 Å². The zero-order chi connectivity index (χ0) is 15.0. The number of fused-ring (bicyclic) bond motifs is 1. The van der Waals surface area contributed by atoms with E-state index < -0.39 is 0 Å². The highest BCUT2D eigenvalue weighted by Crippen LogP contribution is 2.43. The van der Waals surface area contributed by atoms with Crippen molar-refractivity contribution in [3.05, 3.63) is 45.9 Å². The highest BCUT2D eigenvalue weighted by atomic mass is 32.2. The quantitative estimate of drug-likeness (QED) is 0.807. The summed E-state index contributed by atoms with van der Waals surface area (Å²) in [6.45, 7) is 0. The minimum atomic E-state index is -0.325. The molecule has 108 valence electrons. The second-order valence-electron chi connectivity index (χ2n) is 5.01. The molecule has 3 rings (SSSR count). The summed E-state index contributed by atoms with van der Waals surface area (Å²) in [4.78, 5) is 25.6. The number of phenols is 1. The summed E-state index contributed by atoms with van der Waals surface area (Å²) in [6.07, 6.45) is 3.46. The predicted octanol–water partition coefficient (Wildman–Crippen LogP) is 3.22. The highest BCUT2D eigenvalue weighted by molar-refractivity contribution is 8.03. The third-order valence-electron chi connectivity index (χ3n) is 3.66. The SMILES string of the molecule is COC(=O)C1=CC2=C(CC1)CC(=O)c1ccc(O)cc1S2. The van der Waals surface area contributed by atoms with Gasteiger partial charge in [0.25, 0.3) is 0 Å². The van der Waals surface area contributed by atoms with Gasteiger partial charge >= 0.3 is 5.97 Å². The number of aromatic hydroxyl groups is 1. The van der Waals surface area contributed by atoms with Crippen molar-refractivity contribution in [2.75, 3.05) is 7.11 Å². The Kier molecular flexibility index (Phi) is 3.59. The van der Waals surface area contributed by atoms with Gasteiger partial charge in [0.2, 0.25) is 0 Å². The first-order valence-electron chi connectivity index (χ1n) is 6.63. The number of methoxy groups -OCH3 is 1. The van der Waals surface area contributed by atoms with Gasteiger partial charge in [-0.15, -0.1) is 0 Å². The predicted molar refractivity (Wildman–Crippen MR) is 79.3 cm³/mol. The van der Waals surface area contributed by atoms with Crippen molar-refractivity contribution in [1.82, 2.24) is 0 Å². The third kappa shape index (κ3) is 2.61. The van der Waals surface area contributed by atoms with Crippen LogP contribution in [-0.4, -0.2) is 24.0 Å². The van der Waals surface area contributed by atoms with E-state index in [1.807, 2.05) is 6.08 Å². The van der Waals surface area contributed by atoms with Crippen LogP contribution in [-0.2, 0) is 9.53 Å². The largest absolute Gasteiger partial charge is 0.508 e. The van der Waals surface area contributed by atoms with E-state index in [2.05, 4.69) is 0 Å². The molecule has 21 heavy (non-hydrogen) atoms. The smallest absolute Gasteiger partial charge is 0.333 e. The Morgan fingerprint density at radius 3 is 2.90 bits per heavy atom. The van der Waals surface area contributed by atoms with Gasteiger partial charge in [0.1, 0.15) is 5.75 Å². The lowest BCUT2D eigenvalue weighted by Crippen LogP contribution is -2.09. The van der Waals surface area contributed by atoms with Crippen LogP contribution in [0.25, 0.3) is 0 Å². The lowest BCUT2D eigenvalue weighted by Gasteiger charge is -2.16. The van der Waals surface area contributed by atoms with Crippen LogP contribution in [0.4, 0.5) is 0 Å². The van der Waals surface area contributed by atoms with E-state index in [1.54, 1.807) is 12.1 Å². The third-order valence-corrected chi connectivity index (χ3v) is 4.84. The number of hydrogen-bond donors (Lipinski definition) is 1. The summed E-state index contributed by atoms with van der Waals surface area (Å²) in [5, 5.41) is 9.61. The van der Waals surface area contributed by atoms with E-state index >= 15 is 0 Å². The molecule has 1 N–H and O–H groups in total. The van der Waals surface area contributed by atoms with Crippen molar-refractivity contribution in [2.24, 2.45) is 0 Å². The molecule has 0 radical (unpaired) electrons. The van der Waals surface area contributed by atoms with Gasteiger partial charge in [0.15, 0.2) is 5.78 Å². The van der Waals surface area contributed by atoms with Gasteiger partial charge in [-0.2, -0.15) is 0 Å². The number of thioether (sulfide) groups is 1. The van der Waals surface area contributed by atoms with Crippen LogP contribution in [0.15, 0.2) is 45.2 Å². The molecule has 5 heteroatoms. The van der Waals surface area contributed by atoms with E-state index in [0.29, 0.717) is 30.4 Å². The van der Waals surface area contributed by atoms with Crippen LogP contribution in [0.5, 0.6) is 5.75 Å². The molecule has 1 aromatic carbocycles. The molecule has 0 saturated heterocycles. The Balaban J connectivity index is 2.03. The zero-order valence-corrected chi connectivity index (χ0v) is 12.3. The first kappa shape index (κ1) is 13.9. The van der Waals surface area contributed by atoms with Crippen LogP contribution < -0.4 is 0 Å². The summed E-state index contributed by atoms with van der Waals surface area (Å²) in [5.41, 5.74) is 2.30. The highest BCUT2D eigenvalue weighted by Gasteiger charge is 2.26. The van der Waals surface area contributed by atoms with Gasteiger partial charge in [0.05, 0.1) is 7.11 Å². The maximum absolute atomic E-state index is 12.3. The number of carbonyl (C=O) groups is 2. The maximum atomic E-state index is 12.3. The number of allylic oxidation sites excluding steroid dienone is 2. The minimum absolute atomic E-state index is 0.0532. The Morgan fingerprint density at radius 1 is 1.33 bits per heavy atom. The molecule has 1 aromatic rings. The number of carbonyl (C=O) groups excluding carboxylic acids is 2. The fourth-order valence-corrected chi connectivity index (χ4v) is 3.77. The average molecular weight is 302 g/mol. The molecule has 2 aliphatic rings. The van der Waals surface area contributed by atoms with Crippen molar-refractivity contribution >= 4 is 23.5 Å². The molecular weight excluding hydrogens is 288 g/mol. The number of ketones is 1. The number of benzene rings is 1. The summed E-state index contributed by atoms with van der Waals surface area (Å²) in [6, 6.07) is 4.77. The molecule has 0 amide bonds. The molecule has 0 saturated carbocycles. The topological polar surface area (TPSA) is 63.6 Å². The summed E-state index contributed by atoms with van der Waals surface area (Å²) in [5.74, 6) is -0.141. The lowest BCUT2D eigenvalue weighted by atomic mass is 9.93. The summed E-state index contributed by atoms with van der Waals surface area (Å²) in [7, 11) is 1.37. The monoisotopic (exact) mass is 302 g/mol. The van der Waals surface area contributed by atoms with Gasteiger partial charge in [-0.25, -0.2) is 4.79 Å². The second-order valence-corrected chi connectivity index (χ2v) is 6.10. The standard InChI is InChI=1S/C16H14O4S/c1-20-16(19)10-3-2-9-6-13(18)12-5-4-11(17)8-15(12)21-14(9)7-10/h4-5,7-8,17H,2-3,6H2,1H3. The normalized spacial score (nSPS) is 17.6. The molecule has 0 aromatic heterocycles. The van der Waals surface area contributed by atoms with Gasteiger partial charge in [-0.05, 0) is 42.7 Å². The molecule has 4 nitrogen and oxygen atoms in total. The van der Waals surface area contributed by atoms with Crippen molar-refractivity contribution in [3.63, 3.8) is 0 Å². The van der Waals surface area contributed by atoms with Gasteiger partial charge in [0, 0.05) is 27.4 Å². The molecule has 0 atom stereocenters. The van der Waals surface area contributed by atoms with Crippen molar-refractivity contribution in [3.8, 4) is 5.75 Å². The van der Waals surface area contributed by atoms with Crippen LogP contribution in [0.1, 0.15) is 29.6 Å². The first-order valence-corrected chi connectivity index (χ1v) is 7.45. The van der Waals surface area contributed by atoms with Crippen LogP contribution in [0.2, 0.25) is 0 Å². The Bertz CT molecular complexity index is 700. The molecule has 0 fully saturated rings. The maximum Gasteiger partial charge on any atom is 0.333 e. The van der Waals surface area contributed by atoms with Crippen molar-refractivity contribution in [2.45, 2.75) is 24.2 Å². The molecule has 1 aliphatic carbocycles. The number of ether oxygens (including phenoxy) is 1. The van der Waals surface area contributed by atoms with E-state index in [9.17, 15) is 14.7 Å². The Morgan fingerprint density at radius 2 is 2.14 bits per heavy atom. The fraction of sp³-hybridized carbons (Fsp3) is 0.250. The molecule has 1 aliphatic heterocycles. The Labute approximate surface area is 126 Å². The van der Waals surface area contributed by atoms with Crippen LogP contribution in [0, 0.1) is 0 Å². The molecule has 0 unspecified atom stereocenters. The molecular formula is C16H14O4S. The van der Waals surface area contributed by atoms with Crippen LogP contribution in [0.3, 0.4) is 0 Å². The first-order chi connectivity index (χ1) is 10.1. The minimum Gasteiger partial charge on any atom is -0.508 e. The van der Waals surface area contributed by atoms with Crippen LogP contribution >= 0.6 is 11.8 Å². The number of hydrogen-bond acceptors (Lipinski definition) is 5. The number of rotatable bonds is 1. The van der Waals surface area contributed by atoms with Gasteiger partial charge in [-0.1, -0.05) is 11.8 Å². The van der Waals surface area contributed by atoms with Gasteiger partial charge < -0.3 is 9.84 Å². The lowest BCUT2D eigenvalue weighted by molar-refractivity contribution is -0.136. The second kappa shape index (κ2) is 5.41. The fourth-order valence-electron chi connectivity index (χ4n) is 2.54. The van der Waals surface area contributed by atoms with E-state index in [1.165, 1.54) is 24.9 Å². The molecule has 0 spiro atoms. The summed E-state index contributed by atoms with van der Waals surface area (Å²) < 4.78 is 4.76.